The Bertz CT molecular complexity index is 1350. The van der Waals surface area contributed by atoms with E-state index in [1.807, 2.05) is 13.0 Å². The smallest absolute Gasteiger partial charge is 0.354 e. The summed E-state index contributed by atoms with van der Waals surface area (Å²) in [5.41, 5.74) is -0.440. The summed E-state index contributed by atoms with van der Waals surface area (Å²) in [4.78, 5) is 36.8. The number of hydrogen-bond donors (Lipinski definition) is 1. The van der Waals surface area contributed by atoms with E-state index < -0.39 is 17.5 Å². The second-order valence-electron chi connectivity index (χ2n) is 7.12. The molecule has 8 nitrogen and oxygen atoms in total. The molecule has 0 spiro atoms. The van der Waals surface area contributed by atoms with Gasteiger partial charge in [0.25, 0.3) is 5.91 Å². The molecule has 2 aromatic carbocycles. The minimum Gasteiger partial charge on any atom is -0.494 e. The van der Waals surface area contributed by atoms with Crippen molar-refractivity contribution in [1.82, 2.24) is 5.32 Å². The van der Waals surface area contributed by atoms with E-state index in [-0.39, 0.29) is 29.0 Å². The van der Waals surface area contributed by atoms with Crippen molar-refractivity contribution in [1.29, 1.82) is 5.26 Å². The Morgan fingerprint density at radius 3 is 2.56 bits per heavy atom. The van der Waals surface area contributed by atoms with Crippen LogP contribution >= 0.6 is 0 Å². The van der Waals surface area contributed by atoms with E-state index in [1.165, 1.54) is 36.4 Å². The number of nitrogens with one attached hydrogen (secondary N) is 1. The number of carbonyl (C=O) groups is 2. The van der Waals surface area contributed by atoms with E-state index in [9.17, 15) is 19.6 Å². The molecule has 0 radical (unpaired) electrons. The highest BCUT2D eigenvalue weighted by atomic mass is 16.5. The number of hydrogen-bond acceptors (Lipinski definition) is 7. The topological polar surface area (TPSA) is 119 Å². The standard InChI is InChI=1S/C26H22N2O6/c1-3-11-28-24(29)22-14-18-7-10-21(15-23(18)34-26(22)31)33-25(30)19(16-27)13-17-5-8-20(9-6-17)32-12-4-2/h3,5-10,13-15H,1,4,11-12H2,2H3,(H,28,29)/b19-13+. The first-order valence-corrected chi connectivity index (χ1v) is 10.5. The fraction of sp³-hybridized carbons (Fsp3) is 0.154. The summed E-state index contributed by atoms with van der Waals surface area (Å²) in [6.07, 6.45) is 3.78. The van der Waals surface area contributed by atoms with Crippen LogP contribution in [0.25, 0.3) is 17.0 Å². The number of ether oxygens (including phenoxy) is 2. The van der Waals surface area contributed by atoms with Crippen LogP contribution in [0.3, 0.4) is 0 Å². The quantitative estimate of drug-likeness (QED) is 0.128. The van der Waals surface area contributed by atoms with Crippen LogP contribution in [0, 0.1) is 11.3 Å². The number of amides is 1. The van der Waals surface area contributed by atoms with E-state index in [0.717, 1.165) is 6.42 Å². The predicted octanol–water partition coefficient (Wildman–Crippen LogP) is 4.01. The third-order valence-electron chi connectivity index (χ3n) is 4.57. The molecule has 172 valence electrons. The number of benzene rings is 2. The van der Waals surface area contributed by atoms with Gasteiger partial charge in [0, 0.05) is 18.0 Å². The van der Waals surface area contributed by atoms with Crippen LogP contribution < -0.4 is 20.4 Å². The molecule has 0 atom stereocenters. The van der Waals surface area contributed by atoms with Crippen LogP contribution in [0.15, 0.2) is 76.0 Å². The van der Waals surface area contributed by atoms with Crippen molar-refractivity contribution in [2.45, 2.75) is 13.3 Å². The van der Waals surface area contributed by atoms with Gasteiger partial charge in [-0.3, -0.25) is 4.79 Å². The lowest BCUT2D eigenvalue weighted by Crippen LogP contribution is -2.28. The van der Waals surface area contributed by atoms with Crippen LogP contribution in [0.1, 0.15) is 29.3 Å². The lowest BCUT2D eigenvalue weighted by atomic mass is 10.1. The number of carbonyl (C=O) groups excluding carboxylic acids is 2. The molecule has 0 aliphatic rings. The Morgan fingerprint density at radius 2 is 1.88 bits per heavy atom. The Labute approximate surface area is 195 Å². The van der Waals surface area contributed by atoms with Gasteiger partial charge in [0.2, 0.25) is 0 Å². The van der Waals surface area contributed by atoms with E-state index in [1.54, 1.807) is 24.3 Å². The molecule has 1 amide bonds. The van der Waals surface area contributed by atoms with Crippen LogP contribution in [-0.2, 0) is 4.79 Å². The van der Waals surface area contributed by atoms with Gasteiger partial charge in [0.05, 0.1) is 6.61 Å². The Kier molecular flexibility index (Phi) is 7.97. The summed E-state index contributed by atoms with van der Waals surface area (Å²) in [7, 11) is 0. The number of rotatable bonds is 9. The summed E-state index contributed by atoms with van der Waals surface area (Å²) in [5.74, 6) is -0.677. The normalized spacial score (nSPS) is 10.9. The van der Waals surface area contributed by atoms with Gasteiger partial charge in [-0.05, 0) is 48.4 Å². The van der Waals surface area contributed by atoms with Gasteiger partial charge >= 0.3 is 11.6 Å². The van der Waals surface area contributed by atoms with Gasteiger partial charge in [-0.25, -0.2) is 9.59 Å². The first kappa shape index (κ1) is 24.0. The van der Waals surface area contributed by atoms with E-state index >= 15 is 0 Å². The summed E-state index contributed by atoms with van der Waals surface area (Å²) < 4.78 is 16.0. The highest BCUT2D eigenvalue weighted by Crippen LogP contribution is 2.22. The van der Waals surface area contributed by atoms with Crippen molar-refractivity contribution in [3.63, 3.8) is 0 Å². The van der Waals surface area contributed by atoms with Gasteiger partial charge in [-0.1, -0.05) is 25.1 Å². The minimum atomic E-state index is -0.865. The maximum absolute atomic E-state index is 12.5. The van der Waals surface area contributed by atoms with Gasteiger partial charge in [-0.2, -0.15) is 5.26 Å². The Balaban J connectivity index is 1.78. The van der Waals surface area contributed by atoms with Crippen LogP contribution in [-0.4, -0.2) is 25.0 Å². The Morgan fingerprint density at radius 1 is 1.15 bits per heavy atom. The molecule has 0 bridgehead atoms. The van der Waals surface area contributed by atoms with Crippen LogP contribution in [0.4, 0.5) is 0 Å². The zero-order chi connectivity index (χ0) is 24.5. The number of fused-ring (bicyclic) bond motifs is 1. The molecular formula is C26H22N2O6. The van der Waals surface area contributed by atoms with Crippen molar-refractivity contribution in [2.75, 3.05) is 13.2 Å². The molecule has 8 heteroatoms. The molecule has 3 aromatic rings. The first-order chi connectivity index (χ1) is 16.4. The van der Waals surface area contributed by atoms with E-state index in [4.69, 9.17) is 13.9 Å². The SMILES string of the molecule is C=CCNC(=O)c1cc2ccc(OC(=O)/C(C#N)=C/c3ccc(OCCC)cc3)cc2oc1=O. The van der Waals surface area contributed by atoms with E-state index in [2.05, 4.69) is 11.9 Å². The molecular weight excluding hydrogens is 436 g/mol. The summed E-state index contributed by atoms with van der Waals surface area (Å²) in [6, 6.07) is 14.5. The largest absolute Gasteiger partial charge is 0.494 e. The maximum Gasteiger partial charge on any atom is 0.354 e. The summed E-state index contributed by atoms with van der Waals surface area (Å²) >= 11 is 0. The second-order valence-corrected chi connectivity index (χ2v) is 7.12. The maximum atomic E-state index is 12.5. The molecule has 1 N–H and O–H groups in total. The zero-order valence-corrected chi connectivity index (χ0v) is 18.5. The van der Waals surface area contributed by atoms with Crippen molar-refractivity contribution in [3.8, 4) is 17.6 Å². The molecule has 1 heterocycles. The molecule has 0 saturated heterocycles. The predicted molar refractivity (Wildman–Crippen MR) is 126 cm³/mol. The van der Waals surface area contributed by atoms with Gasteiger partial charge in [0.15, 0.2) is 0 Å². The van der Waals surface area contributed by atoms with Crippen LogP contribution in [0.2, 0.25) is 0 Å². The van der Waals surface area contributed by atoms with Gasteiger partial charge in [0.1, 0.15) is 34.3 Å². The molecule has 1 aromatic heterocycles. The number of esters is 1. The van der Waals surface area contributed by atoms with Crippen molar-refractivity contribution in [2.24, 2.45) is 0 Å². The van der Waals surface area contributed by atoms with Crippen LogP contribution in [0.5, 0.6) is 11.5 Å². The third-order valence-corrected chi connectivity index (χ3v) is 4.57. The number of nitriles is 1. The average Bonchev–Trinajstić information content (AvgIpc) is 2.84. The Hall–Kier alpha value is -4.64. The average molecular weight is 458 g/mol. The molecule has 0 saturated carbocycles. The molecule has 0 aliphatic carbocycles. The molecule has 34 heavy (non-hydrogen) atoms. The molecule has 0 aliphatic heterocycles. The fourth-order valence-corrected chi connectivity index (χ4v) is 2.92. The summed E-state index contributed by atoms with van der Waals surface area (Å²) in [6.45, 7) is 6.31. The lowest BCUT2D eigenvalue weighted by Gasteiger charge is -2.06. The van der Waals surface area contributed by atoms with Crippen molar-refractivity contribution < 1.29 is 23.5 Å². The zero-order valence-electron chi connectivity index (χ0n) is 18.5. The first-order valence-electron chi connectivity index (χ1n) is 10.5. The molecule has 0 unspecified atom stereocenters. The molecule has 0 fully saturated rings. The van der Waals surface area contributed by atoms with Gasteiger partial charge < -0.3 is 19.2 Å². The highest BCUT2D eigenvalue weighted by Gasteiger charge is 2.16. The highest BCUT2D eigenvalue weighted by molar-refractivity contribution is 6.00. The third kappa shape index (κ3) is 5.99. The van der Waals surface area contributed by atoms with Crippen molar-refractivity contribution >= 4 is 28.9 Å². The second kappa shape index (κ2) is 11.3. The van der Waals surface area contributed by atoms with Gasteiger partial charge in [-0.15, -0.1) is 6.58 Å². The summed E-state index contributed by atoms with van der Waals surface area (Å²) in [5, 5.41) is 12.4. The molecule has 3 rings (SSSR count). The number of nitrogens with zero attached hydrogens (tertiary/aromatic N) is 1. The lowest BCUT2D eigenvalue weighted by molar-refractivity contribution is -0.129. The fourth-order valence-electron chi connectivity index (χ4n) is 2.92. The minimum absolute atomic E-state index is 0.0778. The van der Waals surface area contributed by atoms with E-state index in [0.29, 0.717) is 23.3 Å². The van der Waals surface area contributed by atoms with Crippen molar-refractivity contribution in [3.05, 3.63) is 88.3 Å². The monoisotopic (exact) mass is 458 g/mol.